The quantitative estimate of drug-likeness (QED) is 0.650. The molecule has 1 aromatic heterocycles. The minimum Gasteiger partial charge on any atom is -0.468 e. The van der Waals surface area contributed by atoms with Crippen LogP contribution in [-0.4, -0.2) is 37.6 Å². The van der Waals surface area contributed by atoms with E-state index in [1.54, 1.807) is 16.7 Å². The van der Waals surface area contributed by atoms with E-state index in [2.05, 4.69) is 4.99 Å². The molecular weight excluding hydrogens is 362 g/mol. The largest absolute Gasteiger partial charge is 0.468 e. The van der Waals surface area contributed by atoms with Crippen molar-refractivity contribution >= 4 is 39.1 Å². The highest BCUT2D eigenvalue weighted by atomic mass is 32.1. The minimum atomic E-state index is -0.387. The summed E-state index contributed by atoms with van der Waals surface area (Å²) in [7, 11) is 5.23. The number of para-hydroxylation sites is 1. The molecule has 3 rings (SSSR count). The predicted octanol–water partition coefficient (Wildman–Crippen LogP) is 2.99. The van der Waals surface area contributed by atoms with E-state index in [-0.39, 0.29) is 18.4 Å². The van der Waals surface area contributed by atoms with Crippen LogP contribution in [0.1, 0.15) is 15.9 Å². The van der Waals surface area contributed by atoms with E-state index in [9.17, 15) is 9.59 Å². The summed E-state index contributed by atoms with van der Waals surface area (Å²) in [6, 6.07) is 13.1. The Morgan fingerprint density at radius 3 is 2.48 bits per heavy atom. The van der Waals surface area contributed by atoms with Crippen LogP contribution in [0.5, 0.6) is 0 Å². The lowest BCUT2D eigenvalue weighted by Crippen LogP contribution is -2.22. The van der Waals surface area contributed by atoms with Crippen molar-refractivity contribution in [2.45, 2.75) is 13.5 Å². The van der Waals surface area contributed by atoms with E-state index in [0.29, 0.717) is 10.4 Å². The first-order valence-electron chi connectivity index (χ1n) is 8.43. The summed E-state index contributed by atoms with van der Waals surface area (Å²) >= 11 is 1.38. The highest BCUT2D eigenvalue weighted by Gasteiger charge is 2.14. The molecule has 0 unspecified atom stereocenters. The van der Waals surface area contributed by atoms with E-state index in [0.717, 1.165) is 21.5 Å². The number of nitrogens with zero attached hydrogens (tertiary/aromatic N) is 3. The van der Waals surface area contributed by atoms with Gasteiger partial charge in [-0.15, -0.1) is 0 Å². The summed E-state index contributed by atoms with van der Waals surface area (Å²) < 4.78 is 7.52. The number of ether oxygens (including phenoxy) is 1. The number of esters is 1. The second kappa shape index (κ2) is 7.75. The second-order valence-corrected chi connectivity index (χ2v) is 7.34. The van der Waals surface area contributed by atoms with Crippen molar-refractivity contribution in [3.05, 3.63) is 58.4 Å². The molecule has 0 bridgehead atoms. The third kappa shape index (κ3) is 3.93. The molecule has 0 aliphatic heterocycles. The molecule has 1 heterocycles. The van der Waals surface area contributed by atoms with Crippen LogP contribution in [0.15, 0.2) is 47.5 Å². The van der Waals surface area contributed by atoms with Gasteiger partial charge in [0.2, 0.25) is 0 Å². The van der Waals surface area contributed by atoms with Gasteiger partial charge in [0.15, 0.2) is 4.80 Å². The van der Waals surface area contributed by atoms with Gasteiger partial charge in [-0.25, -0.2) is 0 Å². The van der Waals surface area contributed by atoms with E-state index < -0.39 is 0 Å². The van der Waals surface area contributed by atoms with Crippen molar-refractivity contribution in [2.75, 3.05) is 26.1 Å². The number of fused-ring (bicyclic) bond motifs is 1. The lowest BCUT2D eigenvalue weighted by molar-refractivity contribution is -0.141. The fourth-order valence-electron chi connectivity index (χ4n) is 2.79. The molecule has 2 aromatic carbocycles. The Morgan fingerprint density at radius 2 is 1.85 bits per heavy atom. The van der Waals surface area contributed by atoms with E-state index in [1.165, 1.54) is 18.4 Å². The Kier molecular flexibility index (Phi) is 5.41. The van der Waals surface area contributed by atoms with Crippen LogP contribution in [0, 0.1) is 6.92 Å². The van der Waals surface area contributed by atoms with Gasteiger partial charge in [0, 0.05) is 25.3 Å². The van der Waals surface area contributed by atoms with Crippen LogP contribution >= 0.6 is 11.3 Å². The fraction of sp³-hybridized carbons (Fsp3) is 0.250. The second-order valence-electron chi connectivity index (χ2n) is 6.33. The first-order chi connectivity index (χ1) is 12.9. The molecule has 0 fully saturated rings. The highest BCUT2D eigenvalue weighted by Crippen LogP contribution is 2.21. The molecule has 7 heteroatoms. The van der Waals surface area contributed by atoms with Gasteiger partial charge in [-0.3, -0.25) is 9.59 Å². The van der Waals surface area contributed by atoms with Crippen LogP contribution < -0.4 is 9.70 Å². The van der Waals surface area contributed by atoms with Crippen LogP contribution in [-0.2, 0) is 16.1 Å². The summed E-state index contributed by atoms with van der Waals surface area (Å²) in [5.41, 5.74) is 3.41. The third-order valence-electron chi connectivity index (χ3n) is 4.25. The van der Waals surface area contributed by atoms with Crippen molar-refractivity contribution in [2.24, 2.45) is 4.99 Å². The topological polar surface area (TPSA) is 63.9 Å². The summed E-state index contributed by atoms with van der Waals surface area (Å²) in [6.07, 6.45) is 0. The van der Waals surface area contributed by atoms with Crippen LogP contribution in [0.3, 0.4) is 0 Å². The number of amides is 1. The molecule has 0 aliphatic rings. The number of hydrogen-bond acceptors (Lipinski definition) is 5. The molecule has 0 spiro atoms. The maximum atomic E-state index is 12.7. The van der Waals surface area contributed by atoms with Gasteiger partial charge in [0.1, 0.15) is 6.54 Å². The average Bonchev–Trinajstić information content (AvgIpc) is 3.00. The number of carbonyl (C=O) groups excluding carboxylic acids is 2. The molecule has 0 aliphatic carbocycles. The van der Waals surface area contributed by atoms with Gasteiger partial charge in [0.25, 0.3) is 5.91 Å². The maximum absolute atomic E-state index is 12.7. The van der Waals surface area contributed by atoms with Crippen LogP contribution in [0.2, 0.25) is 0 Å². The van der Waals surface area contributed by atoms with E-state index in [4.69, 9.17) is 4.74 Å². The zero-order valence-corrected chi connectivity index (χ0v) is 16.5. The molecule has 27 heavy (non-hydrogen) atoms. The van der Waals surface area contributed by atoms with Crippen LogP contribution in [0.4, 0.5) is 5.69 Å². The lowest BCUT2D eigenvalue weighted by atomic mass is 10.2. The van der Waals surface area contributed by atoms with Gasteiger partial charge in [-0.05, 0) is 42.8 Å². The molecule has 0 atom stereocenters. The Morgan fingerprint density at radius 1 is 1.15 bits per heavy atom. The van der Waals surface area contributed by atoms with E-state index >= 15 is 0 Å². The van der Waals surface area contributed by atoms with Crippen molar-refractivity contribution in [3.8, 4) is 0 Å². The third-order valence-corrected chi connectivity index (χ3v) is 5.29. The van der Waals surface area contributed by atoms with Crippen LogP contribution in [0.25, 0.3) is 10.2 Å². The summed E-state index contributed by atoms with van der Waals surface area (Å²) in [5.74, 6) is -0.731. The highest BCUT2D eigenvalue weighted by molar-refractivity contribution is 7.16. The Hall–Kier alpha value is -2.93. The molecule has 0 N–H and O–H groups in total. The van der Waals surface area contributed by atoms with Gasteiger partial charge in [-0.2, -0.15) is 4.99 Å². The summed E-state index contributed by atoms with van der Waals surface area (Å²) in [6.45, 7) is 1.97. The van der Waals surface area contributed by atoms with Crippen molar-refractivity contribution in [3.63, 3.8) is 0 Å². The number of hydrogen-bond donors (Lipinski definition) is 0. The summed E-state index contributed by atoms with van der Waals surface area (Å²) in [4.78, 5) is 31.3. The van der Waals surface area contributed by atoms with Gasteiger partial charge < -0.3 is 14.2 Å². The first kappa shape index (κ1) is 18.8. The lowest BCUT2D eigenvalue weighted by Gasteiger charge is -2.11. The Balaban J connectivity index is 2.09. The van der Waals surface area contributed by atoms with Gasteiger partial charge in [-0.1, -0.05) is 23.5 Å². The monoisotopic (exact) mass is 383 g/mol. The zero-order chi connectivity index (χ0) is 19.6. The molecule has 6 nitrogen and oxygen atoms in total. The number of rotatable bonds is 4. The predicted molar refractivity (Wildman–Crippen MR) is 107 cm³/mol. The average molecular weight is 383 g/mol. The Labute approximate surface area is 161 Å². The molecule has 1 amide bonds. The normalized spacial score (nSPS) is 11.6. The van der Waals surface area contributed by atoms with Gasteiger partial charge >= 0.3 is 5.97 Å². The van der Waals surface area contributed by atoms with Crippen molar-refractivity contribution in [1.82, 2.24) is 4.57 Å². The van der Waals surface area contributed by atoms with Crippen molar-refractivity contribution < 1.29 is 14.3 Å². The minimum absolute atomic E-state index is 0.00698. The summed E-state index contributed by atoms with van der Waals surface area (Å²) in [5, 5.41) is 0. The maximum Gasteiger partial charge on any atom is 0.325 e. The number of methoxy groups -OCH3 is 1. The zero-order valence-electron chi connectivity index (χ0n) is 15.7. The van der Waals surface area contributed by atoms with E-state index in [1.807, 2.05) is 56.3 Å². The molecule has 140 valence electrons. The number of aryl methyl sites for hydroxylation is 1. The number of anilines is 1. The number of carbonyl (C=O) groups is 2. The Bertz CT molecular complexity index is 1060. The van der Waals surface area contributed by atoms with Gasteiger partial charge in [0.05, 0.1) is 17.3 Å². The molecular formula is C20H21N3O3S. The fourth-order valence-corrected chi connectivity index (χ4v) is 3.89. The first-order valence-corrected chi connectivity index (χ1v) is 9.24. The molecule has 0 saturated heterocycles. The molecule has 3 aromatic rings. The molecule has 0 saturated carbocycles. The van der Waals surface area contributed by atoms with Crippen molar-refractivity contribution in [1.29, 1.82) is 0 Å². The SMILES string of the molecule is COC(=O)Cn1c(=NC(=O)c2ccc(N(C)C)cc2)sc2cccc(C)c21. The smallest absolute Gasteiger partial charge is 0.325 e. The number of benzene rings is 2. The number of aromatic nitrogens is 1. The standard InChI is InChI=1S/C20H21N3O3S/c1-13-6-5-7-16-18(13)23(12-17(24)26-4)20(27-16)21-19(25)14-8-10-15(11-9-14)22(2)3/h5-11H,12H2,1-4H3. The number of thiazole rings is 1. The molecule has 0 radical (unpaired) electrons.